The van der Waals surface area contributed by atoms with Crippen LogP contribution in [0.1, 0.15) is 11.5 Å². The molecule has 3 heteroatoms. The largest absolute Gasteiger partial charge is 0.493 e. The Morgan fingerprint density at radius 2 is 2.07 bits per heavy atom. The molecule has 1 aromatic rings. The predicted molar refractivity (Wildman–Crippen MR) is 58.3 cm³/mol. The summed E-state index contributed by atoms with van der Waals surface area (Å²) in [7, 11) is 0. The van der Waals surface area contributed by atoms with Crippen LogP contribution in [-0.4, -0.2) is 19.7 Å². The maximum atomic E-state index is 5.70. The number of halogens is 1. The molecule has 76 valence electrons. The Bertz CT molecular complexity index is 329. The maximum absolute atomic E-state index is 5.70. The quantitative estimate of drug-likeness (QED) is 0.707. The number of rotatable bonds is 0. The first-order valence-electron chi connectivity index (χ1n) is 4.87. The Labute approximate surface area is 90.1 Å². The van der Waals surface area contributed by atoms with E-state index >= 15 is 0 Å². The zero-order chi connectivity index (χ0) is 8.67. The summed E-state index contributed by atoms with van der Waals surface area (Å²) in [5, 5.41) is 3.43. The van der Waals surface area contributed by atoms with Gasteiger partial charge in [0.25, 0.3) is 0 Å². The van der Waals surface area contributed by atoms with E-state index in [1.165, 1.54) is 5.56 Å². The van der Waals surface area contributed by atoms with E-state index in [1.807, 2.05) is 6.07 Å². The average molecular weight is 212 g/mol. The van der Waals surface area contributed by atoms with Gasteiger partial charge in [0, 0.05) is 24.9 Å². The van der Waals surface area contributed by atoms with Crippen molar-refractivity contribution >= 4 is 12.4 Å². The molecule has 2 nitrogen and oxygen atoms in total. The van der Waals surface area contributed by atoms with Crippen molar-refractivity contribution < 1.29 is 4.74 Å². The van der Waals surface area contributed by atoms with E-state index in [4.69, 9.17) is 4.74 Å². The van der Waals surface area contributed by atoms with E-state index < -0.39 is 0 Å². The second-order valence-corrected chi connectivity index (χ2v) is 3.87. The Hall–Kier alpha value is -0.730. The zero-order valence-electron chi connectivity index (χ0n) is 7.90. The molecule has 0 amide bonds. The molecule has 0 bridgehead atoms. The third-order valence-electron chi connectivity index (χ3n) is 3.11. The van der Waals surface area contributed by atoms with Gasteiger partial charge in [-0.3, -0.25) is 0 Å². The predicted octanol–water partition coefficient (Wildman–Crippen LogP) is 1.80. The van der Waals surface area contributed by atoms with Crippen LogP contribution in [0.2, 0.25) is 0 Å². The maximum Gasteiger partial charge on any atom is 0.122 e. The fourth-order valence-corrected chi connectivity index (χ4v) is 2.39. The summed E-state index contributed by atoms with van der Waals surface area (Å²) in [6.45, 7) is 3.11. The van der Waals surface area contributed by atoms with E-state index in [0.717, 1.165) is 25.4 Å². The molecular formula is C11H14ClNO. The van der Waals surface area contributed by atoms with Gasteiger partial charge in [0.15, 0.2) is 0 Å². The normalized spacial score (nSPS) is 28.3. The molecule has 1 fully saturated rings. The molecule has 0 radical (unpaired) electrons. The molecular weight excluding hydrogens is 198 g/mol. The molecule has 2 unspecified atom stereocenters. The van der Waals surface area contributed by atoms with Gasteiger partial charge in [-0.05, 0) is 11.6 Å². The lowest BCUT2D eigenvalue weighted by Gasteiger charge is -2.27. The highest BCUT2D eigenvalue weighted by Crippen LogP contribution is 2.38. The molecule has 0 saturated carbocycles. The van der Waals surface area contributed by atoms with E-state index in [-0.39, 0.29) is 12.4 Å². The number of fused-ring (bicyclic) bond motifs is 3. The molecule has 14 heavy (non-hydrogen) atoms. The molecule has 0 aliphatic carbocycles. The number of hydrogen-bond acceptors (Lipinski definition) is 2. The summed E-state index contributed by atoms with van der Waals surface area (Å²) in [5.74, 6) is 2.47. The van der Waals surface area contributed by atoms with Gasteiger partial charge < -0.3 is 10.1 Å². The summed E-state index contributed by atoms with van der Waals surface area (Å²) >= 11 is 0. The van der Waals surface area contributed by atoms with Gasteiger partial charge >= 0.3 is 0 Å². The summed E-state index contributed by atoms with van der Waals surface area (Å²) in [5.41, 5.74) is 1.39. The first-order chi connectivity index (χ1) is 6.45. The lowest BCUT2D eigenvalue weighted by molar-refractivity contribution is 0.219. The highest BCUT2D eigenvalue weighted by molar-refractivity contribution is 5.85. The van der Waals surface area contributed by atoms with Crippen LogP contribution in [0.15, 0.2) is 24.3 Å². The van der Waals surface area contributed by atoms with Crippen LogP contribution in [0.25, 0.3) is 0 Å². The van der Waals surface area contributed by atoms with Crippen molar-refractivity contribution in [2.45, 2.75) is 5.92 Å². The first kappa shape index (κ1) is 9.81. The summed E-state index contributed by atoms with van der Waals surface area (Å²) in [6, 6.07) is 8.41. The van der Waals surface area contributed by atoms with Crippen LogP contribution >= 0.6 is 12.4 Å². The third kappa shape index (κ3) is 1.39. The highest BCUT2D eigenvalue weighted by atomic mass is 35.5. The van der Waals surface area contributed by atoms with Crippen LogP contribution < -0.4 is 10.1 Å². The highest BCUT2D eigenvalue weighted by Gasteiger charge is 2.34. The minimum atomic E-state index is 0. The number of nitrogens with one attached hydrogen (secondary N) is 1. The van der Waals surface area contributed by atoms with Crippen molar-refractivity contribution in [1.29, 1.82) is 0 Å². The fourth-order valence-electron chi connectivity index (χ4n) is 2.39. The standard InChI is InChI=1S/C11H13NO.ClH/c1-2-4-11-9(3-1)10-6-12-5-8(10)7-13-11;/h1-4,8,10,12H,5-7H2;1H. The topological polar surface area (TPSA) is 21.3 Å². The number of benzene rings is 1. The Kier molecular flexibility index (Phi) is 2.66. The number of para-hydroxylation sites is 1. The molecule has 2 aliphatic heterocycles. The minimum absolute atomic E-state index is 0. The molecule has 3 rings (SSSR count). The number of hydrogen-bond donors (Lipinski definition) is 1. The lowest BCUT2D eigenvalue weighted by atomic mass is 9.87. The van der Waals surface area contributed by atoms with Gasteiger partial charge in [-0.1, -0.05) is 18.2 Å². The Morgan fingerprint density at radius 3 is 3.00 bits per heavy atom. The van der Waals surface area contributed by atoms with Crippen molar-refractivity contribution in [3.05, 3.63) is 29.8 Å². The zero-order valence-corrected chi connectivity index (χ0v) is 8.72. The third-order valence-corrected chi connectivity index (χ3v) is 3.11. The van der Waals surface area contributed by atoms with Crippen LogP contribution in [0.5, 0.6) is 5.75 Å². The molecule has 0 aromatic heterocycles. The van der Waals surface area contributed by atoms with Gasteiger partial charge in [-0.2, -0.15) is 0 Å². The van der Waals surface area contributed by atoms with Gasteiger partial charge in [0.05, 0.1) is 6.61 Å². The molecule has 2 heterocycles. The molecule has 1 N–H and O–H groups in total. The van der Waals surface area contributed by atoms with Crippen LogP contribution in [0, 0.1) is 5.92 Å². The van der Waals surface area contributed by atoms with Crippen LogP contribution in [0.3, 0.4) is 0 Å². The van der Waals surface area contributed by atoms with E-state index in [0.29, 0.717) is 11.8 Å². The van der Waals surface area contributed by atoms with Gasteiger partial charge in [-0.15, -0.1) is 12.4 Å². The van der Waals surface area contributed by atoms with Gasteiger partial charge in [-0.25, -0.2) is 0 Å². The first-order valence-corrected chi connectivity index (χ1v) is 4.87. The Morgan fingerprint density at radius 1 is 1.21 bits per heavy atom. The smallest absolute Gasteiger partial charge is 0.122 e. The van der Waals surface area contributed by atoms with Crippen molar-refractivity contribution in [3.8, 4) is 5.75 Å². The molecule has 2 atom stereocenters. The van der Waals surface area contributed by atoms with Crippen molar-refractivity contribution in [2.24, 2.45) is 5.92 Å². The van der Waals surface area contributed by atoms with Gasteiger partial charge in [0.2, 0.25) is 0 Å². The van der Waals surface area contributed by atoms with Gasteiger partial charge in [0.1, 0.15) is 5.75 Å². The minimum Gasteiger partial charge on any atom is -0.493 e. The summed E-state index contributed by atoms with van der Waals surface area (Å²) < 4.78 is 5.70. The monoisotopic (exact) mass is 211 g/mol. The SMILES string of the molecule is Cl.c1ccc2c(c1)OCC1CNCC21. The van der Waals surface area contributed by atoms with Crippen molar-refractivity contribution in [3.63, 3.8) is 0 Å². The van der Waals surface area contributed by atoms with E-state index in [9.17, 15) is 0 Å². The van der Waals surface area contributed by atoms with Crippen LogP contribution in [0.4, 0.5) is 0 Å². The molecule has 1 saturated heterocycles. The fraction of sp³-hybridized carbons (Fsp3) is 0.455. The summed E-state index contributed by atoms with van der Waals surface area (Å²) in [6.07, 6.45) is 0. The molecule has 1 aromatic carbocycles. The molecule has 0 spiro atoms. The number of ether oxygens (including phenoxy) is 1. The van der Waals surface area contributed by atoms with E-state index in [2.05, 4.69) is 23.5 Å². The Balaban J connectivity index is 0.000000750. The molecule has 2 aliphatic rings. The van der Waals surface area contributed by atoms with Crippen molar-refractivity contribution in [1.82, 2.24) is 5.32 Å². The van der Waals surface area contributed by atoms with Crippen molar-refractivity contribution in [2.75, 3.05) is 19.7 Å². The van der Waals surface area contributed by atoms with Crippen LogP contribution in [-0.2, 0) is 0 Å². The average Bonchev–Trinajstić information content (AvgIpc) is 2.65. The second-order valence-electron chi connectivity index (χ2n) is 3.87. The summed E-state index contributed by atoms with van der Waals surface area (Å²) in [4.78, 5) is 0. The lowest BCUT2D eigenvalue weighted by Crippen LogP contribution is -2.24. The second kappa shape index (κ2) is 3.79. The van der Waals surface area contributed by atoms with E-state index in [1.54, 1.807) is 0 Å².